The zero-order valence-corrected chi connectivity index (χ0v) is 17.8. The van der Waals surface area contributed by atoms with Crippen molar-refractivity contribution in [3.8, 4) is 0 Å². The van der Waals surface area contributed by atoms with Gasteiger partial charge in [-0.2, -0.15) is 0 Å². The second-order valence-corrected chi connectivity index (χ2v) is 7.10. The number of para-hydroxylation sites is 1. The van der Waals surface area contributed by atoms with E-state index in [4.69, 9.17) is 21.1 Å². The molecule has 0 saturated heterocycles. The number of hydrogen-bond acceptors (Lipinski definition) is 6. The summed E-state index contributed by atoms with van der Waals surface area (Å²) in [6.07, 6.45) is -4.15. The third-order valence-electron chi connectivity index (χ3n) is 4.40. The number of nitrogens with one attached hydrogen (secondary N) is 1. The summed E-state index contributed by atoms with van der Waals surface area (Å²) in [4.78, 5) is 50.0. The van der Waals surface area contributed by atoms with E-state index in [1.807, 2.05) is 0 Å². The molecule has 3 aromatic rings. The van der Waals surface area contributed by atoms with Gasteiger partial charge < -0.3 is 19.9 Å². The van der Waals surface area contributed by atoms with Crippen molar-refractivity contribution in [1.29, 1.82) is 0 Å². The van der Waals surface area contributed by atoms with Gasteiger partial charge in [0.05, 0.1) is 21.8 Å². The number of benzene rings is 3. The van der Waals surface area contributed by atoms with Crippen molar-refractivity contribution >= 4 is 41.1 Å². The highest BCUT2D eigenvalue weighted by Gasteiger charge is 2.41. The van der Waals surface area contributed by atoms with Gasteiger partial charge in [0.15, 0.2) is 0 Å². The largest absolute Gasteiger partial charge is 0.478 e. The first kappa shape index (κ1) is 23.5. The van der Waals surface area contributed by atoms with Crippen LogP contribution in [-0.2, 0) is 19.1 Å². The molecule has 0 spiro atoms. The lowest BCUT2D eigenvalue weighted by molar-refractivity contribution is -0.157. The van der Waals surface area contributed by atoms with E-state index in [1.165, 1.54) is 36.4 Å². The number of ether oxygens (including phenoxy) is 2. The Balaban J connectivity index is 1.91. The first-order valence-electron chi connectivity index (χ1n) is 9.67. The Morgan fingerprint density at radius 3 is 1.64 bits per heavy atom. The third-order valence-corrected chi connectivity index (χ3v) is 4.73. The third kappa shape index (κ3) is 6.18. The smallest absolute Gasteiger partial charge is 0.349 e. The number of carbonyl (C=O) groups is 4. The number of amides is 1. The van der Waals surface area contributed by atoms with Crippen LogP contribution in [0.2, 0.25) is 5.02 Å². The number of aliphatic carboxylic acids is 1. The molecule has 3 aromatic carbocycles. The van der Waals surface area contributed by atoms with Crippen molar-refractivity contribution in [1.82, 2.24) is 0 Å². The van der Waals surface area contributed by atoms with Crippen LogP contribution in [-0.4, -0.2) is 41.1 Å². The van der Waals surface area contributed by atoms with Crippen molar-refractivity contribution < 1.29 is 33.8 Å². The van der Waals surface area contributed by atoms with Crippen LogP contribution in [0.5, 0.6) is 0 Å². The first-order chi connectivity index (χ1) is 15.9. The van der Waals surface area contributed by atoms with E-state index in [9.17, 15) is 24.3 Å². The van der Waals surface area contributed by atoms with Crippen molar-refractivity contribution in [3.63, 3.8) is 0 Å². The molecule has 0 aliphatic carbocycles. The molecule has 33 heavy (non-hydrogen) atoms. The average molecular weight is 468 g/mol. The summed E-state index contributed by atoms with van der Waals surface area (Å²) in [5.74, 6) is -4.70. The number of anilines is 1. The van der Waals surface area contributed by atoms with E-state index >= 15 is 0 Å². The van der Waals surface area contributed by atoms with E-state index < -0.39 is 36.0 Å². The monoisotopic (exact) mass is 467 g/mol. The number of carboxylic acids is 1. The predicted molar refractivity (Wildman–Crippen MR) is 119 cm³/mol. The van der Waals surface area contributed by atoms with Gasteiger partial charge in [-0.15, -0.1) is 0 Å². The van der Waals surface area contributed by atoms with E-state index in [0.717, 1.165) is 0 Å². The molecule has 8 nitrogen and oxygen atoms in total. The summed E-state index contributed by atoms with van der Waals surface area (Å²) < 4.78 is 10.3. The Morgan fingerprint density at radius 1 is 0.697 bits per heavy atom. The highest BCUT2D eigenvalue weighted by atomic mass is 35.5. The molecule has 9 heteroatoms. The van der Waals surface area contributed by atoms with Crippen LogP contribution in [0, 0.1) is 0 Å². The summed E-state index contributed by atoms with van der Waals surface area (Å²) in [5, 5.41) is 12.3. The highest BCUT2D eigenvalue weighted by Crippen LogP contribution is 2.22. The summed E-state index contributed by atoms with van der Waals surface area (Å²) in [6, 6.07) is 21.5. The van der Waals surface area contributed by atoms with E-state index in [1.54, 1.807) is 48.5 Å². The molecule has 0 radical (unpaired) electrons. The van der Waals surface area contributed by atoms with Gasteiger partial charge in [-0.1, -0.05) is 60.1 Å². The average Bonchev–Trinajstić information content (AvgIpc) is 2.83. The van der Waals surface area contributed by atoms with Crippen molar-refractivity contribution in [2.45, 2.75) is 12.2 Å². The van der Waals surface area contributed by atoms with Crippen molar-refractivity contribution in [3.05, 3.63) is 101 Å². The van der Waals surface area contributed by atoms with Gasteiger partial charge in [0.25, 0.3) is 5.91 Å². The van der Waals surface area contributed by atoms with Gasteiger partial charge in [-0.3, -0.25) is 4.79 Å². The number of halogens is 1. The lowest BCUT2D eigenvalue weighted by Gasteiger charge is -2.23. The van der Waals surface area contributed by atoms with Crippen LogP contribution >= 0.6 is 11.6 Å². The number of rotatable bonds is 8. The molecule has 168 valence electrons. The molecular formula is C24H18ClNO7. The minimum atomic E-state index is -2.13. The van der Waals surface area contributed by atoms with Crippen LogP contribution in [0.3, 0.4) is 0 Å². The Morgan fingerprint density at radius 2 is 1.15 bits per heavy atom. The van der Waals surface area contributed by atoms with Crippen LogP contribution in [0.25, 0.3) is 0 Å². The molecule has 2 N–H and O–H groups in total. The van der Waals surface area contributed by atoms with E-state index in [-0.39, 0.29) is 21.8 Å². The standard InChI is InChI=1S/C24H18ClNO7/c25-17-13-7-8-14-18(17)26-21(27)19(32-23(30)15-9-3-1-4-10-15)20(22(28)29)33-24(31)16-11-5-2-6-12-16/h1-14,19-20H,(H,26,27)(H,28,29)/t19-,20-/m1/s1. The molecule has 0 unspecified atom stereocenters. The van der Waals surface area contributed by atoms with Crippen LogP contribution < -0.4 is 5.32 Å². The lowest BCUT2D eigenvalue weighted by atomic mass is 10.1. The normalized spacial score (nSPS) is 12.2. The molecule has 0 bridgehead atoms. The quantitative estimate of drug-likeness (QED) is 0.483. The minimum Gasteiger partial charge on any atom is -0.478 e. The zero-order chi connectivity index (χ0) is 23.8. The van der Waals surface area contributed by atoms with Crippen LogP contribution in [0.1, 0.15) is 20.7 Å². The van der Waals surface area contributed by atoms with Crippen LogP contribution in [0.4, 0.5) is 5.69 Å². The molecule has 1 amide bonds. The Kier molecular flexibility index (Phi) is 7.77. The van der Waals surface area contributed by atoms with E-state index in [2.05, 4.69) is 5.32 Å². The second kappa shape index (κ2) is 10.9. The fourth-order valence-corrected chi connectivity index (χ4v) is 2.96. The lowest BCUT2D eigenvalue weighted by Crippen LogP contribution is -2.48. The topological polar surface area (TPSA) is 119 Å². The Labute approximate surface area is 193 Å². The Bertz CT molecular complexity index is 1150. The van der Waals surface area contributed by atoms with Gasteiger partial charge in [0.1, 0.15) is 0 Å². The minimum absolute atomic E-state index is 0.0587. The fraction of sp³-hybridized carbons (Fsp3) is 0.0833. The number of carbonyl (C=O) groups excluding carboxylic acids is 3. The molecule has 2 atom stereocenters. The van der Waals surface area contributed by atoms with Gasteiger partial charge in [0, 0.05) is 0 Å². The van der Waals surface area contributed by atoms with Crippen molar-refractivity contribution in [2.75, 3.05) is 5.32 Å². The number of carboxylic acid groups (broad SMARTS) is 1. The number of hydrogen-bond donors (Lipinski definition) is 2. The molecule has 0 fully saturated rings. The van der Waals surface area contributed by atoms with Gasteiger partial charge in [0.2, 0.25) is 12.2 Å². The second-order valence-electron chi connectivity index (χ2n) is 6.69. The molecule has 3 rings (SSSR count). The number of esters is 2. The van der Waals surface area contributed by atoms with Gasteiger partial charge in [-0.05, 0) is 36.4 Å². The first-order valence-corrected chi connectivity index (χ1v) is 10.0. The van der Waals surface area contributed by atoms with Gasteiger partial charge in [-0.25, -0.2) is 14.4 Å². The zero-order valence-electron chi connectivity index (χ0n) is 17.0. The fourth-order valence-electron chi connectivity index (χ4n) is 2.78. The molecular weight excluding hydrogens is 450 g/mol. The molecule has 0 heterocycles. The maximum Gasteiger partial charge on any atom is 0.349 e. The van der Waals surface area contributed by atoms with E-state index in [0.29, 0.717) is 0 Å². The van der Waals surface area contributed by atoms with Crippen LogP contribution in [0.15, 0.2) is 84.9 Å². The predicted octanol–water partition coefficient (Wildman–Crippen LogP) is 3.81. The van der Waals surface area contributed by atoms with Crippen molar-refractivity contribution in [2.24, 2.45) is 0 Å². The maximum absolute atomic E-state index is 13.0. The summed E-state index contributed by atoms with van der Waals surface area (Å²) in [5.41, 5.74) is 0.290. The Hall–Kier alpha value is -4.17. The highest BCUT2D eigenvalue weighted by molar-refractivity contribution is 6.33. The summed E-state index contributed by atoms with van der Waals surface area (Å²) in [6.45, 7) is 0. The maximum atomic E-state index is 13.0. The summed E-state index contributed by atoms with van der Waals surface area (Å²) in [7, 11) is 0. The molecule has 0 aliphatic heterocycles. The molecule has 0 aromatic heterocycles. The molecule has 0 saturated carbocycles. The van der Waals surface area contributed by atoms with Gasteiger partial charge >= 0.3 is 17.9 Å². The SMILES string of the molecule is O=C(O[C@@H](C(=O)O)[C@@H](OC(=O)c1ccccc1)C(=O)Nc1ccccc1Cl)c1ccccc1. The molecule has 0 aliphatic rings. The summed E-state index contributed by atoms with van der Waals surface area (Å²) >= 11 is 6.06.